The van der Waals surface area contributed by atoms with Gasteiger partial charge in [-0.25, -0.2) is 9.67 Å². The maximum atomic E-state index is 11.8. The summed E-state index contributed by atoms with van der Waals surface area (Å²) in [5.74, 6) is -0.0972. The van der Waals surface area contributed by atoms with Gasteiger partial charge in [-0.3, -0.25) is 4.79 Å². The lowest BCUT2D eigenvalue weighted by Gasteiger charge is -2.11. The van der Waals surface area contributed by atoms with E-state index in [2.05, 4.69) is 15.4 Å². The molecule has 1 N–H and O–H groups in total. The predicted octanol–water partition coefficient (Wildman–Crippen LogP) is 1.87. The van der Waals surface area contributed by atoms with Gasteiger partial charge < -0.3 is 5.32 Å². The van der Waals surface area contributed by atoms with Gasteiger partial charge in [0.15, 0.2) is 0 Å². The van der Waals surface area contributed by atoms with E-state index in [4.69, 9.17) is 11.6 Å². The van der Waals surface area contributed by atoms with E-state index in [0.717, 1.165) is 9.21 Å². The average Bonchev–Trinajstić information content (AvgIpc) is 2.95. The average molecular weight is 271 g/mol. The van der Waals surface area contributed by atoms with E-state index in [1.165, 1.54) is 28.7 Å². The first-order valence-electron chi connectivity index (χ1n) is 5.03. The molecule has 90 valence electrons. The molecular weight excluding hydrogens is 260 g/mol. The molecule has 2 aromatic heterocycles. The minimum Gasteiger partial charge on any atom is -0.349 e. The van der Waals surface area contributed by atoms with Gasteiger partial charge in [0.2, 0.25) is 5.91 Å². The van der Waals surface area contributed by atoms with Crippen LogP contribution in [0.15, 0.2) is 24.8 Å². The summed E-state index contributed by atoms with van der Waals surface area (Å²) in [4.78, 5) is 16.6. The van der Waals surface area contributed by atoms with Crippen molar-refractivity contribution in [3.05, 3.63) is 34.0 Å². The third-order valence-corrected chi connectivity index (χ3v) is 3.51. The van der Waals surface area contributed by atoms with Gasteiger partial charge in [0.25, 0.3) is 0 Å². The molecule has 0 radical (unpaired) electrons. The third kappa shape index (κ3) is 3.04. The van der Waals surface area contributed by atoms with E-state index < -0.39 is 0 Å². The Kier molecular flexibility index (Phi) is 3.75. The van der Waals surface area contributed by atoms with E-state index in [9.17, 15) is 4.79 Å². The summed E-state index contributed by atoms with van der Waals surface area (Å²) in [6.07, 6.45) is 2.93. The van der Waals surface area contributed by atoms with Crippen LogP contribution in [0.4, 0.5) is 0 Å². The molecule has 2 rings (SSSR count). The molecular formula is C10H11ClN4OS. The Balaban J connectivity index is 1.89. The number of thiophene rings is 1. The van der Waals surface area contributed by atoms with Gasteiger partial charge >= 0.3 is 0 Å². The number of hydrogen-bond acceptors (Lipinski definition) is 4. The van der Waals surface area contributed by atoms with Gasteiger partial charge in [0.05, 0.1) is 10.9 Å². The Labute approximate surface area is 107 Å². The number of hydrogen-bond donors (Lipinski definition) is 1. The molecule has 2 aromatic rings. The first-order chi connectivity index (χ1) is 8.16. The molecule has 0 bridgehead atoms. The van der Waals surface area contributed by atoms with E-state index in [0.29, 0.717) is 6.54 Å². The van der Waals surface area contributed by atoms with Crippen LogP contribution in [-0.4, -0.2) is 20.7 Å². The van der Waals surface area contributed by atoms with Crippen LogP contribution in [0.3, 0.4) is 0 Å². The molecule has 0 spiro atoms. The lowest BCUT2D eigenvalue weighted by molar-refractivity contribution is -0.124. The fourth-order valence-electron chi connectivity index (χ4n) is 1.31. The van der Waals surface area contributed by atoms with E-state index in [1.54, 1.807) is 6.92 Å². The van der Waals surface area contributed by atoms with Crippen LogP contribution >= 0.6 is 22.9 Å². The largest absolute Gasteiger partial charge is 0.349 e. The monoisotopic (exact) mass is 270 g/mol. The van der Waals surface area contributed by atoms with Crippen LogP contribution in [0.25, 0.3) is 0 Å². The number of nitrogens with zero attached hydrogens (tertiary/aromatic N) is 3. The van der Waals surface area contributed by atoms with Crippen LogP contribution in [0.1, 0.15) is 17.8 Å². The SMILES string of the molecule is C[C@H](C(=O)NCc1ccc(Cl)s1)n1cncn1. The Bertz CT molecular complexity index is 496. The Hall–Kier alpha value is -1.40. The summed E-state index contributed by atoms with van der Waals surface area (Å²) < 4.78 is 2.23. The second kappa shape index (κ2) is 5.29. The van der Waals surface area contributed by atoms with Crippen molar-refractivity contribution in [3.63, 3.8) is 0 Å². The zero-order valence-electron chi connectivity index (χ0n) is 9.13. The molecule has 1 amide bonds. The zero-order chi connectivity index (χ0) is 12.3. The Morgan fingerprint density at radius 1 is 1.65 bits per heavy atom. The Morgan fingerprint density at radius 2 is 2.47 bits per heavy atom. The molecule has 0 fully saturated rings. The molecule has 0 aromatic carbocycles. The lowest BCUT2D eigenvalue weighted by Crippen LogP contribution is -2.30. The normalized spacial score (nSPS) is 12.4. The summed E-state index contributed by atoms with van der Waals surface area (Å²) in [6.45, 7) is 2.25. The van der Waals surface area contributed by atoms with Crippen molar-refractivity contribution >= 4 is 28.8 Å². The van der Waals surface area contributed by atoms with Crippen molar-refractivity contribution in [1.29, 1.82) is 0 Å². The van der Waals surface area contributed by atoms with Gasteiger partial charge in [0, 0.05) is 4.88 Å². The number of rotatable bonds is 4. The maximum absolute atomic E-state index is 11.8. The van der Waals surface area contributed by atoms with Gasteiger partial charge in [0.1, 0.15) is 18.7 Å². The molecule has 0 aliphatic rings. The van der Waals surface area contributed by atoms with Crippen LogP contribution in [0.5, 0.6) is 0 Å². The highest BCUT2D eigenvalue weighted by Crippen LogP contribution is 2.21. The molecule has 17 heavy (non-hydrogen) atoms. The topological polar surface area (TPSA) is 59.8 Å². The summed E-state index contributed by atoms with van der Waals surface area (Å²) >= 11 is 7.26. The van der Waals surface area contributed by atoms with Gasteiger partial charge in [-0.1, -0.05) is 11.6 Å². The van der Waals surface area contributed by atoms with Crippen molar-refractivity contribution in [1.82, 2.24) is 20.1 Å². The second-order valence-electron chi connectivity index (χ2n) is 3.48. The van der Waals surface area contributed by atoms with Crippen molar-refractivity contribution in [3.8, 4) is 0 Å². The third-order valence-electron chi connectivity index (χ3n) is 2.28. The highest BCUT2D eigenvalue weighted by Gasteiger charge is 2.14. The number of halogens is 1. The van der Waals surface area contributed by atoms with E-state index >= 15 is 0 Å². The zero-order valence-corrected chi connectivity index (χ0v) is 10.7. The van der Waals surface area contributed by atoms with Crippen LogP contribution in [-0.2, 0) is 11.3 Å². The molecule has 0 saturated carbocycles. The quantitative estimate of drug-likeness (QED) is 0.923. The van der Waals surface area contributed by atoms with Crippen molar-refractivity contribution in [2.45, 2.75) is 19.5 Å². The number of carbonyl (C=O) groups is 1. The summed E-state index contributed by atoms with van der Waals surface area (Å²) in [5.41, 5.74) is 0. The molecule has 0 unspecified atom stereocenters. The van der Waals surface area contributed by atoms with Crippen molar-refractivity contribution < 1.29 is 4.79 Å². The second-order valence-corrected chi connectivity index (χ2v) is 5.27. The smallest absolute Gasteiger partial charge is 0.244 e. The number of carbonyl (C=O) groups excluding carboxylic acids is 1. The fraction of sp³-hybridized carbons (Fsp3) is 0.300. The highest BCUT2D eigenvalue weighted by molar-refractivity contribution is 7.16. The standard InChI is InChI=1S/C10H11ClN4OS/c1-7(15-6-12-5-14-15)10(16)13-4-8-2-3-9(11)17-8/h2-3,5-7H,4H2,1H3,(H,13,16)/t7-/m1/s1. The highest BCUT2D eigenvalue weighted by atomic mass is 35.5. The molecule has 0 aliphatic carbocycles. The maximum Gasteiger partial charge on any atom is 0.244 e. The molecule has 5 nitrogen and oxygen atoms in total. The summed E-state index contributed by atoms with van der Waals surface area (Å²) in [7, 11) is 0. The minimum atomic E-state index is -0.368. The molecule has 2 heterocycles. The van der Waals surface area contributed by atoms with Crippen molar-refractivity contribution in [2.75, 3.05) is 0 Å². The molecule has 1 atom stereocenters. The van der Waals surface area contributed by atoms with Crippen molar-refractivity contribution in [2.24, 2.45) is 0 Å². The van der Waals surface area contributed by atoms with Gasteiger partial charge in [-0.15, -0.1) is 11.3 Å². The lowest BCUT2D eigenvalue weighted by atomic mass is 10.3. The van der Waals surface area contributed by atoms with Crippen LogP contribution < -0.4 is 5.32 Å². The van der Waals surface area contributed by atoms with Crippen LogP contribution in [0, 0.1) is 0 Å². The van der Waals surface area contributed by atoms with Crippen LogP contribution in [0.2, 0.25) is 4.34 Å². The fourth-order valence-corrected chi connectivity index (χ4v) is 2.33. The van der Waals surface area contributed by atoms with E-state index in [-0.39, 0.29) is 11.9 Å². The number of amides is 1. The summed E-state index contributed by atoms with van der Waals surface area (Å²) in [6, 6.07) is 3.34. The number of aromatic nitrogens is 3. The number of nitrogens with one attached hydrogen (secondary N) is 1. The minimum absolute atomic E-state index is 0.0972. The Morgan fingerprint density at radius 3 is 3.06 bits per heavy atom. The molecule has 0 saturated heterocycles. The summed E-state index contributed by atoms with van der Waals surface area (Å²) in [5, 5.41) is 6.75. The molecule has 7 heteroatoms. The first-order valence-corrected chi connectivity index (χ1v) is 6.22. The molecule has 0 aliphatic heterocycles. The predicted molar refractivity (Wildman–Crippen MR) is 65.9 cm³/mol. The van der Waals surface area contributed by atoms with E-state index in [1.807, 2.05) is 12.1 Å². The first kappa shape index (κ1) is 12.1. The van der Waals surface area contributed by atoms with Gasteiger partial charge in [-0.2, -0.15) is 5.10 Å². The van der Waals surface area contributed by atoms with Gasteiger partial charge in [-0.05, 0) is 19.1 Å².